The van der Waals surface area contributed by atoms with Crippen LogP contribution >= 0.6 is 0 Å². The first kappa shape index (κ1) is 26.4. The molecule has 1 atom stereocenters. The molecule has 1 unspecified atom stereocenters. The second-order valence-corrected chi connectivity index (χ2v) is 10.8. The van der Waals surface area contributed by atoms with E-state index in [0.717, 1.165) is 62.5 Å². The van der Waals surface area contributed by atoms with E-state index in [9.17, 15) is 0 Å². The summed E-state index contributed by atoms with van der Waals surface area (Å²) in [5, 5.41) is 0. The molecule has 1 aliphatic carbocycles. The Bertz CT molecular complexity index is 1950. The molecular formula is C39H30N4. The number of nitrogens with zero attached hydrogens (tertiary/aromatic N) is 4. The van der Waals surface area contributed by atoms with Crippen LogP contribution in [-0.4, -0.2) is 19.9 Å². The fraction of sp³-hybridized carbons (Fsp3) is 0.0769. The summed E-state index contributed by atoms with van der Waals surface area (Å²) in [5.41, 5.74) is 9.50. The lowest BCUT2D eigenvalue weighted by Crippen LogP contribution is -2.08. The van der Waals surface area contributed by atoms with Crippen LogP contribution in [0.1, 0.15) is 19.2 Å². The molecule has 0 N–H and O–H groups in total. The van der Waals surface area contributed by atoms with E-state index in [-0.39, 0.29) is 0 Å². The molecule has 0 radical (unpaired) electrons. The molecule has 0 amide bonds. The molecule has 206 valence electrons. The zero-order chi connectivity index (χ0) is 29.0. The molecule has 4 heteroatoms. The van der Waals surface area contributed by atoms with E-state index in [1.165, 1.54) is 0 Å². The second kappa shape index (κ2) is 11.8. The number of benzene rings is 4. The Kier molecular flexibility index (Phi) is 7.24. The molecule has 0 fully saturated rings. The number of rotatable bonds is 6. The topological polar surface area (TPSA) is 51.6 Å². The monoisotopic (exact) mass is 554 g/mol. The third-order valence-electron chi connectivity index (χ3n) is 7.81. The highest BCUT2D eigenvalue weighted by molar-refractivity contribution is 5.82. The third kappa shape index (κ3) is 5.68. The van der Waals surface area contributed by atoms with Gasteiger partial charge in [-0.25, -0.2) is 15.0 Å². The minimum Gasteiger partial charge on any atom is -0.256 e. The Balaban J connectivity index is 1.43. The maximum Gasteiger partial charge on any atom is 0.164 e. The van der Waals surface area contributed by atoms with E-state index in [0.29, 0.717) is 17.6 Å². The van der Waals surface area contributed by atoms with Gasteiger partial charge in [0.25, 0.3) is 0 Å². The van der Waals surface area contributed by atoms with Gasteiger partial charge in [-0.05, 0) is 71.0 Å². The van der Waals surface area contributed by atoms with Gasteiger partial charge >= 0.3 is 0 Å². The molecule has 0 spiro atoms. The first-order valence-corrected chi connectivity index (χ1v) is 14.6. The predicted octanol–water partition coefficient (Wildman–Crippen LogP) is 9.58. The summed E-state index contributed by atoms with van der Waals surface area (Å²) in [6.45, 7) is 2.23. The van der Waals surface area contributed by atoms with E-state index in [2.05, 4.69) is 109 Å². The summed E-state index contributed by atoms with van der Waals surface area (Å²) in [6, 6.07) is 41.8. The van der Waals surface area contributed by atoms with Crippen LogP contribution in [0.25, 0.3) is 61.9 Å². The molecule has 1 aliphatic rings. The van der Waals surface area contributed by atoms with Crippen molar-refractivity contribution in [2.45, 2.75) is 13.3 Å². The van der Waals surface area contributed by atoms with Crippen molar-refractivity contribution in [1.29, 1.82) is 0 Å². The van der Waals surface area contributed by atoms with Gasteiger partial charge in [-0.3, -0.25) is 4.98 Å². The van der Waals surface area contributed by atoms with Crippen molar-refractivity contribution < 1.29 is 0 Å². The van der Waals surface area contributed by atoms with Crippen molar-refractivity contribution in [3.63, 3.8) is 0 Å². The van der Waals surface area contributed by atoms with Crippen molar-refractivity contribution >= 4 is 5.57 Å². The Morgan fingerprint density at radius 1 is 0.512 bits per heavy atom. The highest BCUT2D eigenvalue weighted by atomic mass is 15.0. The van der Waals surface area contributed by atoms with Gasteiger partial charge in [0, 0.05) is 28.5 Å². The predicted molar refractivity (Wildman–Crippen MR) is 176 cm³/mol. The molecule has 4 nitrogen and oxygen atoms in total. The molecule has 7 rings (SSSR count). The van der Waals surface area contributed by atoms with E-state index in [4.69, 9.17) is 15.0 Å². The highest BCUT2D eigenvalue weighted by Crippen LogP contribution is 2.35. The molecule has 6 aromatic rings. The van der Waals surface area contributed by atoms with Crippen LogP contribution in [0.4, 0.5) is 0 Å². The van der Waals surface area contributed by atoms with Gasteiger partial charge in [-0.15, -0.1) is 0 Å². The normalized spacial score (nSPS) is 14.3. The Morgan fingerprint density at radius 3 is 1.81 bits per heavy atom. The molecular weight excluding hydrogens is 524 g/mol. The summed E-state index contributed by atoms with van der Waals surface area (Å²) in [6.07, 6.45) is 9.23. The van der Waals surface area contributed by atoms with Crippen molar-refractivity contribution in [3.05, 3.63) is 152 Å². The minimum atomic E-state index is 0.324. The van der Waals surface area contributed by atoms with Gasteiger partial charge in [0.05, 0.1) is 5.69 Å². The maximum atomic E-state index is 5.10. The number of hydrogen-bond acceptors (Lipinski definition) is 4. The van der Waals surface area contributed by atoms with Crippen LogP contribution in [0, 0.1) is 5.92 Å². The van der Waals surface area contributed by atoms with Gasteiger partial charge in [0.15, 0.2) is 17.5 Å². The van der Waals surface area contributed by atoms with Crippen LogP contribution < -0.4 is 0 Å². The van der Waals surface area contributed by atoms with Crippen LogP contribution in [-0.2, 0) is 0 Å². The summed E-state index contributed by atoms with van der Waals surface area (Å²) in [4.78, 5) is 19.7. The summed E-state index contributed by atoms with van der Waals surface area (Å²) < 4.78 is 0. The van der Waals surface area contributed by atoms with E-state index < -0.39 is 0 Å². The standard InChI is InChI=1S/C39H30N4/c1-27-13-8-9-20-35(27)39-42-37(29-16-6-3-7-17-29)41-38(43-39)34-25-32(28-14-4-2-5-15-28)24-33(26-34)30-18-12-19-31(23-30)36-21-10-11-22-40-36/h2-12,14-27H,13H2,1H3. The SMILES string of the molecule is CC1CC=CC=C1c1nc(-c2ccccc2)nc(-c2cc(-c3ccccc3)cc(-c3cccc(-c4ccccn4)c3)c2)n1. The molecule has 43 heavy (non-hydrogen) atoms. The smallest absolute Gasteiger partial charge is 0.164 e. The van der Waals surface area contributed by atoms with Gasteiger partial charge in [0.1, 0.15) is 0 Å². The molecule has 0 saturated carbocycles. The van der Waals surface area contributed by atoms with Crippen LogP contribution in [0.5, 0.6) is 0 Å². The van der Waals surface area contributed by atoms with Gasteiger partial charge < -0.3 is 0 Å². The first-order chi connectivity index (χ1) is 21.2. The lowest BCUT2D eigenvalue weighted by Gasteiger charge is -2.17. The Hall–Kier alpha value is -5.48. The summed E-state index contributed by atoms with van der Waals surface area (Å²) >= 11 is 0. The second-order valence-electron chi connectivity index (χ2n) is 10.8. The lowest BCUT2D eigenvalue weighted by molar-refractivity contribution is 0.747. The number of pyridine rings is 1. The van der Waals surface area contributed by atoms with Crippen molar-refractivity contribution in [1.82, 2.24) is 19.9 Å². The number of allylic oxidation sites excluding steroid dienone is 4. The fourth-order valence-electron chi connectivity index (χ4n) is 5.50. The summed E-state index contributed by atoms with van der Waals surface area (Å²) in [5.74, 6) is 2.38. The van der Waals surface area contributed by atoms with Gasteiger partial charge in [-0.2, -0.15) is 0 Å². The van der Waals surface area contributed by atoms with E-state index >= 15 is 0 Å². The maximum absolute atomic E-state index is 5.10. The van der Waals surface area contributed by atoms with Crippen molar-refractivity contribution in [2.75, 3.05) is 0 Å². The van der Waals surface area contributed by atoms with Crippen molar-refractivity contribution in [2.24, 2.45) is 5.92 Å². The highest BCUT2D eigenvalue weighted by Gasteiger charge is 2.19. The molecule has 2 heterocycles. The average molecular weight is 555 g/mol. The largest absolute Gasteiger partial charge is 0.256 e. The van der Waals surface area contributed by atoms with Gasteiger partial charge in [-0.1, -0.05) is 110 Å². The van der Waals surface area contributed by atoms with Crippen LogP contribution in [0.3, 0.4) is 0 Å². The van der Waals surface area contributed by atoms with E-state index in [1.54, 1.807) is 0 Å². The Labute approximate surface area is 252 Å². The molecule has 0 bridgehead atoms. The zero-order valence-electron chi connectivity index (χ0n) is 23.9. The third-order valence-corrected chi connectivity index (χ3v) is 7.81. The summed E-state index contributed by atoms with van der Waals surface area (Å²) in [7, 11) is 0. The molecule has 2 aromatic heterocycles. The molecule has 0 saturated heterocycles. The average Bonchev–Trinajstić information content (AvgIpc) is 3.09. The lowest BCUT2D eigenvalue weighted by atomic mass is 9.92. The molecule has 0 aliphatic heterocycles. The number of hydrogen-bond donors (Lipinski definition) is 0. The quantitative estimate of drug-likeness (QED) is 0.206. The van der Waals surface area contributed by atoms with Crippen LogP contribution in [0.2, 0.25) is 0 Å². The molecule has 4 aromatic carbocycles. The van der Waals surface area contributed by atoms with Gasteiger partial charge in [0.2, 0.25) is 0 Å². The van der Waals surface area contributed by atoms with Crippen LogP contribution in [0.15, 0.2) is 146 Å². The van der Waals surface area contributed by atoms with E-state index in [1.807, 2.05) is 48.7 Å². The Morgan fingerprint density at radius 2 is 1.09 bits per heavy atom. The zero-order valence-corrected chi connectivity index (χ0v) is 23.9. The fourth-order valence-corrected chi connectivity index (χ4v) is 5.50. The van der Waals surface area contributed by atoms with Crippen molar-refractivity contribution in [3.8, 4) is 56.3 Å². The number of aromatic nitrogens is 4. The minimum absolute atomic E-state index is 0.324. The first-order valence-electron chi connectivity index (χ1n) is 14.6.